The highest BCUT2D eigenvalue weighted by atomic mass is 32.2. The second kappa shape index (κ2) is 6.49. The van der Waals surface area contributed by atoms with Gasteiger partial charge in [0.15, 0.2) is 0 Å². The highest BCUT2D eigenvalue weighted by Gasteiger charge is 2.40. The fourth-order valence-corrected chi connectivity index (χ4v) is 3.87. The van der Waals surface area contributed by atoms with Crippen molar-refractivity contribution in [1.29, 1.82) is 0 Å². The Bertz CT molecular complexity index is 284. The minimum atomic E-state index is -0.685. The zero-order chi connectivity index (χ0) is 13.1. The molecule has 2 bridgehead atoms. The molecule has 2 aliphatic heterocycles. The minimum absolute atomic E-state index is 0.313. The smallest absolute Gasteiger partial charge is 0.0444 e. The Morgan fingerprint density at radius 3 is 2.44 bits per heavy atom. The third-order valence-electron chi connectivity index (χ3n) is 4.60. The summed E-state index contributed by atoms with van der Waals surface area (Å²) in [4.78, 5) is 2.65. The molecule has 0 spiro atoms. The van der Waals surface area contributed by atoms with E-state index in [1.165, 1.54) is 32.1 Å². The number of fused-ring (bicyclic) bond motifs is 2. The summed E-state index contributed by atoms with van der Waals surface area (Å²) in [5.41, 5.74) is 0. The number of rotatable bonds is 6. The Kier molecular flexibility index (Phi) is 5.22. The Labute approximate surface area is 114 Å². The fraction of sp³-hybridized carbons (Fsp3) is 1.00. The van der Waals surface area contributed by atoms with Gasteiger partial charge < -0.3 is 5.32 Å². The molecular formula is C14H28N2OS. The van der Waals surface area contributed by atoms with Crippen LogP contribution in [-0.4, -0.2) is 51.8 Å². The van der Waals surface area contributed by atoms with E-state index < -0.39 is 10.8 Å². The summed E-state index contributed by atoms with van der Waals surface area (Å²) in [6.07, 6.45) is 8.33. The van der Waals surface area contributed by atoms with Crippen molar-refractivity contribution >= 4 is 10.8 Å². The topological polar surface area (TPSA) is 32.3 Å². The normalized spacial score (nSPS) is 35.6. The van der Waals surface area contributed by atoms with Crippen LogP contribution in [-0.2, 0) is 10.8 Å². The number of nitrogens with zero attached hydrogens (tertiary/aromatic N) is 1. The molecule has 2 rings (SSSR count). The van der Waals surface area contributed by atoms with Crippen molar-refractivity contribution in [2.75, 3.05) is 19.3 Å². The molecule has 18 heavy (non-hydrogen) atoms. The van der Waals surface area contributed by atoms with E-state index in [2.05, 4.69) is 24.1 Å². The van der Waals surface area contributed by atoms with Gasteiger partial charge in [0, 0.05) is 47.0 Å². The van der Waals surface area contributed by atoms with Gasteiger partial charge in [0.2, 0.25) is 0 Å². The summed E-state index contributed by atoms with van der Waals surface area (Å²) in [5.74, 6) is 0. The van der Waals surface area contributed by atoms with Crippen molar-refractivity contribution in [3.63, 3.8) is 0 Å². The average molecular weight is 272 g/mol. The summed E-state index contributed by atoms with van der Waals surface area (Å²) in [7, 11) is -0.685. The molecule has 0 aromatic heterocycles. The van der Waals surface area contributed by atoms with Crippen LogP contribution in [0.1, 0.15) is 46.0 Å². The molecule has 0 aromatic rings. The first-order chi connectivity index (χ1) is 8.61. The lowest BCUT2D eigenvalue weighted by atomic mass is 9.97. The molecule has 4 atom stereocenters. The van der Waals surface area contributed by atoms with Crippen LogP contribution in [0.5, 0.6) is 0 Å². The van der Waals surface area contributed by atoms with Crippen LogP contribution in [0, 0.1) is 0 Å². The summed E-state index contributed by atoms with van der Waals surface area (Å²) in [6.45, 7) is 6.53. The summed E-state index contributed by atoms with van der Waals surface area (Å²) in [5, 5.41) is 4.00. The van der Waals surface area contributed by atoms with E-state index in [0.29, 0.717) is 5.25 Å². The Hall–Kier alpha value is 0.0700. The number of hydrogen-bond donors (Lipinski definition) is 1. The second-order valence-corrected chi connectivity index (χ2v) is 7.82. The standard InChI is InChI=1S/C14H28N2OS/c1-4-7-15-12-8-13-5-6-14(9-12)16(13)10-11(2)18(3)17/h11-15H,4-10H2,1-3H3. The lowest BCUT2D eigenvalue weighted by Crippen LogP contribution is -2.51. The molecule has 3 nitrogen and oxygen atoms in total. The molecule has 2 saturated heterocycles. The van der Waals surface area contributed by atoms with Gasteiger partial charge in [-0.2, -0.15) is 0 Å². The van der Waals surface area contributed by atoms with Crippen LogP contribution < -0.4 is 5.32 Å². The zero-order valence-corrected chi connectivity index (χ0v) is 12.8. The van der Waals surface area contributed by atoms with E-state index in [9.17, 15) is 4.21 Å². The molecule has 4 unspecified atom stereocenters. The highest BCUT2D eigenvalue weighted by molar-refractivity contribution is 7.84. The summed E-state index contributed by atoms with van der Waals surface area (Å²) >= 11 is 0. The van der Waals surface area contributed by atoms with Crippen LogP contribution in [0.15, 0.2) is 0 Å². The number of hydrogen-bond acceptors (Lipinski definition) is 3. The third kappa shape index (κ3) is 3.34. The van der Waals surface area contributed by atoms with Gasteiger partial charge in [-0.3, -0.25) is 9.11 Å². The molecule has 4 heteroatoms. The molecule has 2 heterocycles. The van der Waals surface area contributed by atoms with Gasteiger partial charge in [-0.05, 0) is 45.6 Å². The fourth-order valence-electron chi connectivity index (χ4n) is 3.49. The Morgan fingerprint density at radius 2 is 1.94 bits per heavy atom. The van der Waals surface area contributed by atoms with Crippen LogP contribution in [0.4, 0.5) is 0 Å². The van der Waals surface area contributed by atoms with E-state index in [1.54, 1.807) is 0 Å². The first-order valence-electron chi connectivity index (χ1n) is 7.43. The molecule has 0 aliphatic carbocycles. The van der Waals surface area contributed by atoms with E-state index in [4.69, 9.17) is 0 Å². The van der Waals surface area contributed by atoms with E-state index in [1.807, 2.05) is 6.26 Å². The zero-order valence-electron chi connectivity index (χ0n) is 12.0. The van der Waals surface area contributed by atoms with Crippen molar-refractivity contribution in [1.82, 2.24) is 10.2 Å². The molecule has 2 fully saturated rings. The monoisotopic (exact) mass is 272 g/mol. The molecule has 106 valence electrons. The first-order valence-corrected chi connectivity index (χ1v) is 9.05. The van der Waals surface area contributed by atoms with Crippen molar-refractivity contribution < 1.29 is 4.21 Å². The summed E-state index contributed by atoms with van der Waals surface area (Å²) in [6, 6.07) is 2.20. The number of piperidine rings is 1. The Balaban J connectivity index is 1.87. The van der Waals surface area contributed by atoms with E-state index in [-0.39, 0.29) is 0 Å². The number of nitrogens with one attached hydrogen (secondary N) is 1. The van der Waals surface area contributed by atoms with Crippen molar-refractivity contribution in [2.24, 2.45) is 0 Å². The highest BCUT2D eigenvalue weighted by Crippen LogP contribution is 2.35. The second-order valence-electron chi connectivity index (χ2n) is 6.01. The van der Waals surface area contributed by atoms with Crippen molar-refractivity contribution in [3.8, 4) is 0 Å². The molecule has 0 saturated carbocycles. The lowest BCUT2D eigenvalue weighted by Gasteiger charge is -2.40. The molecule has 0 aromatic carbocycles. The van der Waals surface area contributed by atoms with Crippen LogP contribution >= 0.6 is 0 Å². The van der Waals surface area contributed by atoms with Gasteiger partial charge in [0.05, 0.1) is 0 Å². The third-order valence-corrected chi connectivity index (χ3v) is 5.88. The lowest BCUT2D eigenvalue weighted by molar-refractivity contribution is 0.118. The maximum Gasteiger partial charge on any atom is 0.0444 e. The summed E-state index contributed by atoms with van der Waals surface area (Å²) < 4.78 is 11.5. The van der Waals surface area contributed by atoms with E-state index in [0.717, 1.165) is 31.2 Å². The van der Waals surface area contributed by atoms with Gasteiger partial charge in [0.1, 0.15) is 0 Å². The first kappa shape index (κ1) is 14.5. The van der Waals surface area contributed by atoms with Crippen molar-refractivity contribution in [3.05, 3.63) is 0 Å². The average Bonchev–Trinajstić information content (AvgIpc) is 2.59. The van der Waals surface area contributed by atoms with Crippen LogP contribution in [0.3, 0.4) is 0 Å². The van der Waals surface area contributed by atoms with Crippen LogP contribution in [0.2, 0.25) is 0 Å². The van der Waals surface area contributed by atoms with Gasteiger partial charge in [-0.25, -0.2) is 0 Å². The quantitative estimate of drug-likeness (QED) is 0.799. The maximum absolute atomic E-state index is 11.5. The van der Waals surface area contributed by atoms with Gasteiger partial charge in [-0.1, -0.05) is 6.92 Å². The maximum atomic E-state index is 11.5. The molecule has 0 radical (unpaired) electrons. The predicted octanol–water partition coefficient (Wildman–Crippen LogP) is 1.75. The van der Waals surface area contributed by atoms with Crippen LogP contribution in [0.25, 0.3) is 0 Å². The molecular weight excluding hydrogens is 244 g/mol. The molecule has 1 N–H and O–H groups in total. The van der Waals surface area contributed by atoms with Gasteiger partial charge in [0.25, 0.3) is 0 Å². The Morgan fingerprint density at radius 1 is 1.33 bits per heavy atom. The molecule has 0 amide bonds. The largest absolute Gasteiger partial charge is 0.314 e. The minimum Gasteiger partial charge on any atom is -0.314 e. The molecule has 2 aliphatic rings. The van der Waals surface area contributed by atoms with E-state index >= 15 is 0 Å². The predicted molar refractivity (Wildman–Crippen MR) is 78.4 cm³/mol. The van der Waals surface area contributed by atoms with Gasteiger partial charge >= 0.3 is 0 Å². The van der Waals surface area contributed by atoms with Crippen molar-refractivity contribution in [2.45, 2.75) is 69.3 Å². The SMILES string of the molecule is CCCNC1CC2CCC(C1)N2CC(C)S(C)=O. The van der Waals surface area contributed by atoms with Gasteiger partial charge in [-0.15, -0.1) is 0 Å².